The molecule has 0 fully saturated rings. The van der Waals surface area contributed by atoms with Crippen molar-refractivity contribution < 1.29 is 4.79 Å². The van der Waals surface area contributed by atoms with E-state index in [-0.39, 0.29) is 5.78 Å². The Hall–Kier alpha value is -2.16. The molecule has 1 aromatic heterocycles. The molecule has 1 heterocycles. The zero-order valence-corrected chi connectivity index (χ0v) is 9.76. The Morgan fingerprint density at radius 3 is 2.71 bits per heavy atom. The van der Waals surface area contributed by atoms with Crippen molar-refractivity contribution in [2.45, 2.75) is 13.5 Å². The first-order valence-corrected chi connectivity index (χ1v) is 5.46. The summed E-state index contributed by atoms with van der Waals surface area (Å²) in [4.78, 5) is 15.5. The van der Waals surface area contributed by atoms with Crippen molar-refractivity contribution in [2.75, 3.05) is 0 Å². The average molecular weight is 226 g/mol. The molecule has 0 aliphatic heterocycles. The van der Waals surface area contributed by atoms with Crippen LogP contribution in [0.5, 0.6) is 0 Å². The lowest BCUT2D eigenvalue weighted by Gasteiger charge is -2.05. The Kier molecular flexibility index (Phi) is 3.19. The normalized spacial score (nSPS) is 10.2. The Bertz CT molecular complexity index is 538. The molecule has 2 aromatic rings. The number of carbonyl (C=O) groups excluding carboxylic acids is 1. The van der Waals surface area contributed by atoms with Crippen molar-refractivity contribution in [1.82, 2.24) is 9.55 Å². The zero-order valence-electron chi connectivity index (χ0n) is 9.76. The lowest BCUT2D eigenvalue weighted by atomic mass is 10.1. The second-order valence-corrected chi connectivity index (χ2v) is 3.83. The highest BCUT2D eigenvalue weighted by molar-refractivity contribution is 5.94. The van der Waals surface area contributed by atoms with Crippen LogP contribution in [0.2, 0.25) is 0 Å². The molecule has 0 aliphatic rings. The van der Waals surface area contributed by atoms with Crippen LogP contribution in [0.15, 0.2) is 49.3 Å². The standard InChI is InChI=1S/C14H14N2O/c1-3-9-16-10-8-15-14(16)13-6-4-12(5-7-13)11(2)17/h3-8,10H,1,9H2,2H3. The van der Waals surface area contributed by atoms with Crippen molar-refractivity contribution in [3.63, 3.8) is 0 Å². The van der Waals surface area contributed by atoms with E-state index in [2.05, 4.69) is 11.6 Å². The minimum absolute atomic E-state index is 0.0750. The second kappa shape index (κ2) is 4.78. The Morgan fingerprint density at radius 1 is 1.41 bits per heavy atom. The number of allylic oxidation sites excluding steroid dienone is 1. The van der Waals surface area contributed by atoms with E-state index in [1.54, 1.807) is 13.1 Å². The molecule has 0 aliphatic carbocycles. The molecule has 86 valence electrons. The zero-order chi connectivity index (χ0) is 12.3. The molecule has 0 bridgehead atoms. The van der Waals surface area contributed by atoms with Crippen molar-refractivity contribution >= 4 is 5.78 Å². The smallest absolute Gasteiger partial charge is 0.159 e. The summed E-state index contributed by atoms with van der Waals surface area (Å²) in [6.07, 6.45) is 5.50. The van der Waals surface area contributed by atoms with Gasteiger partial charge in [-0.05, 0) is 6.92 Å². The molecule has 0 saturated heterocycles. The molecule has 3 nitrogen and oxygen atoms in total. The van der Waals surface area contributed by atoms with Gasteiger partial charge in [-0.25, -0.2) is 4.98 Å². The van der Waals surface area contributed by atoms with Gasteiger partial charge in [0.2, 0.25) is 0 Å². The highest BCUT2D eigenvalue weighted by atomic mass is 16.1. The van der Waals surface area contributed by atoms with Crippen molar-refractivity contribution in [3.8, 4) is 11.4 Å². The molecule has 0 unspecified atom stereocenters. The molecule has 0 atom stereocenters. The van der Waals surface area contributed by atoms with Gasteiger partial charge in [0, 0.05) is 30.1 Å². The molecule has 0 N–H and O–H groups in total. The minimum Gasteiger partial charge on any atom is -0.327 e. The number of aromatic nitrogens is 2. The van der Waals surface area contributed by atoms with Gasteiger partial charge in [-0.3, -0.25) is 4.79 Å². The number of benzene rings is 1. The Balaban J connectivity index is 2.36. The summed E-state index contributed by atoms with van der Waals surface area (Å²) in [5.41, 5.74) is 1.72. The fourth-order valence-electron chi connectivity index (χ4n) is 1.71. The molecular weight excluding hydrogens is 212 g/mol. The van der Waals surface area contributed by atoms with E-state index in [0.717, 1.165) is 23.5 Å². The predicted molar refractivity (Wildman–Crippen MR) is 67.9 cm³/mol. The number of imidazole rings is 1. The quantitative estimate of drug-likeness (QED) is 0.593. The van der Waals surface area contributed by atoms with Crippen LogP contribution in [0, 0.1) is 0 Å². The third-order valence-corrected chi connectivity index (χ3v) is 2.59. The number of rotatable bonds is 4. The van der Waals surface area contributed by atoms with Crippen molar-refractivity contribution in [2.24, 2.45) is 0 Å². The van der Waals surface area contributed by atoms with E-state index in [0.29, 0.717) is 0 Å². The molecule has 1 aromatic carbocycles. The molecular formula is C14H14N2O. The second-order valence-electron chi connectivity index (χ2n) is 3.83. The molecule has 0 saturated carbocycles. The molecule has 2 rings (SSSR count). The van der Waals surface area contributed by atoms with Crippen molar-refractivity contribution in [3.05, 3.63) is 54.9 Å². The van der Waals surface area contributed by atoms with Gasteiger partial charge in [-0.15, -0.1) is 6.58 Å². The van der Waals surface area contributed by atoms with Gasteiger partial charge in [-0.1, -0.05) is 30.3 Å². The highest BCUT2D eigenvalue weighted by Crippen LogP contribution is 2.18. The van der Waals surface area contributed by atoms with Gasteiger partial charge >= 0.3 is 0 Å². The van der Waals surface area contributed by atoms with Crippen molar-refractivity contribution in [1.29, 1.82) is 0 Å². The van der Waals surface area contributed by atoms with Crippen LogP contribution in [-0.2, 0) is 6.54 Å². The molecule has 0 radical (unpaired) electrons. The van der Waals surface area contributed by atoms with E-state index < -0.39 is 0 Å². The maximum absolute atomic E-state index is 11.2. The summed E-state index contributed by atoms with van der Waals surface area (Å²) in [5, 5.41) is 0. The average Bonchev–Trinajstić information content (AvgIpc) is 2.78. The number of hydrogen-bond acceptors (Lipinski definition) is 2. The SMILES string of the molecule is C=CCn1ccnc1-c1ccc(C(C)=O)cc1. The topological polar surface area (TPSA) is 34.9 Å². The first kappa shape index (κ1) is 11.3. The number of carbonyl (C=O) groups is 1. The van der Waals surface area contributed by atoms with Gasteiger partial charge < -0.3 is 4.57 Å². The van der Waals surface area contributed by atoms with Gasteiger partial charge in [0.15, 0.2) is 5.78 Å². The van der Waals surface area contributed by atoms with Crippen LogP contribution < -0.4 is 0 Å². The van der Waals surface area contributed by atoms with Gasteiger partial charge in [0.05, 0.1) is 0 Å². The molecule has 17 heavy (non-hydrogen) atoms. The fraction of sp³-hybridized carbons (Fsp3) is 0.143. The van der Waals surface area contributed by atoms with Crippen LogP contribution >= 0.6 is 0 Å². The van der Waals surface area contributed by atoms with Crippen LogP contribution in [0.25, 0.3) is 11.4 Å². The lowest BCUT2D eigenvalue weighted by Crippen LogP contribution is -1.97. The number of nitrogens with zero attached hydrogens (tertiary/aromatic N) is 2. The number of ketones is 1. The highest BCUT2D eigenvalue weighted by Gasteiger charge is 2.05. The molecule has 0 spiro atoms. The summed E-state index contributed by atoms with van der Waals surface area (Å²) < 4.78 is 2.01. The molecule has 0 amide bonds. The summed E-state index contributed by atoms with van der Waals surface area (Å²) in [6.45, 7) is 6.00. The Labute approximate surface area is 100 Å². The fourth-order valence-corrected chi connectivity index (χ4v) is 1.71. The van der Waals surface area contributed by atoms with Crippen LogP contribution in [0.4, 0.5) is 0 Å². The summed E-state index contributed by atoms with van der Waals surface area (Å²) in [7, 11) is 0. The van der Waals surface area contributed by atoms with E-state index >= 15 is 0 Å². The van der Waals surface area contributed by atoms with Crippen LogP contribution in [0.1, 0.15) is 17.3 Å². The lowest BCUT2D eigenvalue weighted by molar-refractivity contribution is 0.101. The third kappa shape index (κ3) is 2.33. The summed E-state index contributed by atoms with van der Waals surface area (Å²) >= 11 is 0. The maximum atomic E-state index is 11.2. The van der Waals surface area contributed by atoms with Gasteiger partial charge in [0.1, 0.15) is 5.82 Å². The maximum Gasteiger partial charge on any atom is 0.159 e. The Morgan fingerprint density at radius 2 is 2.12 bits per heavy atom. The number of Topliss-reactive ketones (excluding diaryl/α,β-unsaturated/α-hetero) is 1. The van der Waals surface area contributed by atoms with E-state index in [9.17, 15) is 4.79 Å². The third-order valence-electron chi connectivity index (χ3n) is 2.59. The van der Waals surface area contributed by atoms with E-state index in [1.807, 2.05) is 41.1 Å². The first-order valence-electron chi connectivity index (χ1n) is 5.46. The summed E-state index contributed by atoms with van der Waals surface area (Å²) in [6, 6.07) is 7.48. The molecule has 3 heteroatoms. The minimum atomic E-state index is 0.0750. The largest absolute Gasteiger partial charge is 0.327 e. The number of hydrogen-bond donors (Lipinski definition) is 0. The predicted octanol–water partition coefficient (Wildman–Crippen LogP) is 2.94. The monoisotopic (exact) mass is 226 g/mol. The van der Waals surface area contributed by atoms with Gasteiger partial charge in [0.25, 0.3) is 0 Å². The van der Waals surface area contributed by atoms with E-state index in [1.165, 1.54) is 0 Å². The first-order chi connectivity index (χ1) is 8.22. The summed E-state index contributed by atoms with van der Waals surface area (Å²) in [5.74, 6) is 0.964. The van der Waals surface area contributed by atoms with Crippen LogP contribution in [-0.4, -0.2) is 15.3 Å². The van der Waals surface area contributed by atoms with Gasteiger partial charge in [-0.2, -0.15) is 0 Å². The van der Waals surface area contributed by atoms with Crippen LogP contribution in [0.3, 0.4) is 0 Å². The van der Waals surface area contributed by atoms with E-state index in [4.69, 9.17) is 0 Å².